The van der Waals surface area contributed by atoms with Gasteiger partial charge in [0.1, 0.15) is 6.04 Å². The van der Waals surface area contributed by atoms with Crippen molar-refractivity contribution in [1.82, 2.24) is 20.1 Å². The number of nitrogens with zero attached hydrogens (tertiary/aromatic N) is 5. The Morgan fingerprint density at radius 3 is 2.84 bits per heavy atom. The van der Waals surface area contributed by atoms with Gasteiger partial charge in [0.25, 0.3) is 5.89 Å². The summed E-state index contributed by atoms with van der Waals surface area (Å²) in [6.07, 6.45) is 3.43. The van der Waals surface area contributed by atoms with Crippen molar-refractivity contribution < 1.29 is 9.26 Å². The first-order valence-electron chi connectivity index (χ1n) is 5.86. The lowest BCUT2D eigenvalue weighted by atomic mass is 10.2. The molecule has 2 aromatic heterocycles. The molecule has 1 aliphatic heterocycles. The molecule has 0 aliphatic carbocycles. The zero-order valence-corrected chi connectivity index (χ0v) is 11.9. The fourth-order valence-electron chi connectivity index (χ4n) is 1.95. The van der Waals surface area contributed by atoms with Gasteiger partial charge in [0.05, 0.1) is 17.7 Å². The van der Waals surface area contributed by atoms with Crippen LogP contribution in [-0.2, 0) is 4.74 Å². The molecule has 0 N–H and O–H groups in total. The van der Waals surface area contributed by atoms with Gasteiger partial charge >= 0.3 is 0 Å². The molecule has 1 fully saturated rings. The molecule has 1 aliphatic rings. The van der Waals surface area contributed by atoms with Crippen LogP contribution in [0.3, 0.4) is 0 Å². The molecule has 0 aromatic carbocycles. The second kappa shape index (κ2) is 5.22. The molecule has 8 heteroatoms. The van der Waals surface area contributed by atoms with E-state index in [0.717, 1.165) is 4.47 Å². The Morgan fingerprint density at radius 2 is 2.16 bits per heavy atom. The summed E-state index contributed by atoms with van der Waals surface area (Å²) in [6, 6.07) is -0.142. The zero-order chi connectivity index (χ0) is 13.2. The van der Waals surface area contributed by atoms with Gasteiger partial charge in [0.2, 0.25) is 5.95 Å². The van der Waals surface area contributed by atoms with Crippen LogP contribution in [-0.4, -0.2) is 39.9 Å². The highest BCUT2D eigenvalue weighted by Crippen LogP contribution is 2.26. The summed E-state index contributed by atoms with van der Waals surface area (Å²) in [7, 11) is 0. The van der Waals surface area contributed by atoms with Gasteiger partial charge in [-0.05, 0) is 22.9 Å². The van der Waals surface area contributed by atoms with Crippen molar-refractivity contribution in [2.24, 2.45) is 0 Å². The van der Waals surface area contributed by atoms with E-state index in [1.807, 2.05) is 4.90 Å². The van der Waals surface area contributed by atoms with Crippen LogP contribution >= 0.6 is 15.9 Å². The van der Waals surface area contributed by atoms with E-state index in [1.165, 1.54) is 0 Å². The standard InChI is InChI=1S/C11H12BrN5O2/c1-7-15-10(19-16-7)9-6-18-3-2-17(9)11-13-4-8(12)5-14-11/h4-5,9H,2-3,6H2,1H3/t9-/m0/s1. The Bertz CT molecular complexity index is 558. The minimum absolute atomic E-state index is 0.142. The van der Waals surface area contributed by atoms with Crippen LogP contribution < -0.4 is 4.90 Å². The largest absolute Gasteiger partial charge is 0.377 e. The Kier molecular flexibility index (Phi) is 3.43. The first-order chi connectivity index (χ1) is 9.24. The van der Waals surface area contributed by atoms with Gasteiger partial charge in [0.15, 0.2) is 5.82 Å². The third-order valence-corrected chi connectivity index (χ3v) is 3.23. The predicted octanol–water partition coefficient (Wildman–Crippen LogP) is 1.51. The van der Waals surface area contributed by atoms with Crippen LogP contribution in [0.4, 0.5) is 5.95 Å². The van der Waals surface area contributed by atoms with E-state index in [-0.39, 0.29) is 6.04 Å². The Labute approximate surface area is 118 Å². The average molecular weight is 326 g/mol. The van der Waals surface area contributed by atoms with Crippen LogP contribution in [0.2, 0.25) is 0 Å². The maximum absolute atomic E-state index is 5.49. The van der Waals surface area contributed by atoms with Gasteiger partial charge in [-0.1, -0.05) is 5.16 Å². The van der Waals surface area contributed by atoms with Crippen LogP contribution in [0.15, 0.2) is 21.4 Å². The van der Waals surface area contributed by atoms with Crippen molar-refractivity contribution in [1.29, 1.82) is 0 Å². The van der Waals surface area contributed by atoms with Gasteiger partial charge in [-0.25, -0.2) is 9.97 Å². The molecule has 19 heavy (non-hydrogen) atoms. The highest BCUT2D eigenvalue weighted by atomic mass is 79.9. The molecule has 3 heterocycles. The van der Waals surface area contributed by atoms with Crippen molar-refractivity contribution in [2.45, 2.75) is 13.0 Å². The lowest BCUT2D eigenvalue weighted by Gasteiger charge is -2.33. The second-order valence-corrected chi connectivity index (χ2v) is 5.08. The quantitative estimate of drug-likeness (QED) is 0.828. The molecular weight excluding hydrogens is 314 g/mol. The Morgan fingerprint density at radius 1 is 1.37 bits per heavy atom. The maximum atomic E-state index is 5.49. The highest BCUT2D eigenvalue weighted by molar-refractivity contribution is 9.10. The van der Waals surface area contributed by atoms with Crippen LogP contribution in [0.5, 0.6) is 0 Å². The number of morpholine rings is 1. The van der Waals surface area contributed by atoms with E-state index < -0.39 is 0 Å². The number of hydrogen-bond acceptors (Lipinski definition) is 7. The third-order valence-electron chi connectivity index (χ3n) is 2.82. The topological polar surface area (TPSA) is 77.2 Å². The average Bonchev–Trinajstić information content (AvgIpc) is 2.86. The molecule has 0 amide bonds. The molecule has 100 valence electrons. The van der Waals surface area contributed by atoms with Gasteiger partial charge in [-0.15, -0.1) is 0 Å². The van der Waals surface area contributed by atoms with Gasteiger partial charge in [-0.3, -0.25) is 0 Å². The van der Waals surface area contributed by atoms with E-state index in [0.29, 0.717) is 37.4 Å². The van der Waals surface area contributed by atoms with Gasteiger partial charge < -0.3 is 14.2 Å². The van der Waals surface area contributed by atoms with Crippen LogP contribution in [0, 0.1) is 6.92 Å². The fourth-order valence-corrected chi connectivity index (χ4v) is 2.15. The molecule has 0 radical (unpaired) electrons. The first kappa shape index (κ1) is 12.5. The number of hydrogen-bond donors (Lipinski definition) is 0. The highest BCUT2D eigenvalue weighted by Gasteiger charge is 2.30. The number of aromatic nitrogens is 4. The summed E-state index contributed by atoms with van der Waals surface area (Å²) < 4.78 is 11.6. The van der Waals surface area contributed by atoms with Crippen molar-refractivity contribution in [3.05, 3.63) is 28.6 Å². The van der Waals surface area contributed by atoms with E-state index in [9.17, 15) is 0 Å². The first-order valence-corrected chi connectivity index (χ1v) is 6.65. The van der Waals surface area contributed by atoms with Crippen molar-refractivity contribution in [3.8, 4) is 0 Å². The number of rotatable bonds is 2. The third kappa shape index (κ3) is 2.59. The summed E-state index contributed by atoms with van der Waals surface area (Å²) in [6.45, 7) is 3.59. The lowest BCUT2D eigenvalue weighted by molar-refractivity contribution is 0.0829. The SMILES string of the molecule is Cc1noc([C@@H]2COCCN2c2ncc(Br)cn2)n1. The summed E-state index contributed by atoms with van der Waals surface area (Å²) in [5, 5.41) is 3.82. The molecule has 1 atom stereocenters. The molecule has 7 nitrogen and oxygen atoms in total. The van der Waals surface area contributed by atoms with Crippen molar-refractivity contribution in [2.75, 3.05) is 24.7 Å². The minimum Gasteiger partial charge on any atom is -0.377 e. The number of ether oxygens (including phenoxy) is 1. The Hall–Kier alpha value is -1.54. The lowest BCUT2D eigenvalue weighted by Crippen LogP contribution is -2.40. The summed E-state index contributed by atoms with van der Waals surface area (Å²) in [5.74, 6) is 1.77. The monoisotopic (exact) mass is 325 g/mol. The molecule has 0 bridgehead atoms. The second-order valence-electron chi connectivity index (χ2n) is 4.17. The number of anilines is 1. The Balaban J connectivity index is 1.90. The molecule has 2 aromatic rings. The van der Waals surface area contributed by atoms with E-state index in [2.05, 4.69) is 36.0 Å². The molecular formula is C11H12BrN5O2. The van der Waals surface area contributed by atoms with Gasteiger partial charge in [-0.2, -0.15) is 4.98 Å². The van der Waals surface area contributed by atoms with Gasteiger partial charge in [0, 0.05) is 18.9 Å². The minimum atomic E-state index is -0.142. The van der Waals surface area contributed by atoms with Crippen molar-refractivity contribution >= 4 is 21.9 Å². The molecule has 1 saturated heterocycles. The fraction of sp³-hybridized carbons (Fsp3) is 0.455. The van der Waals surface area contributed by atoms with E-state index in [4.69, 9.17) is 9.26 Å². The predicted molar refractivity (Wildman–Crippen MR) is 69.7 cm³/mol. The van der Waals surface area contributed by atoms with Crippen molar-refractivity contribution in [3.63, 3.8) is 0 Å². The summed E-state index contributed by atoms with van der Waals surface area (Å²) in [5.41, 5.74) is 0. The molecule has 0 unspecified atom stereocenters. The maximum Gasteiger partial charge on any atom is 0.251 e. The van der Waals surface area contributed by atoms with E-state index >= 15 is 0 Å². The summed E-state index contributed by atoms with van der Waals surface area (Å²) in [4.78, 5) is 14.9. The molecule has 3 rings (SSSR count). The van der Waals surface area contributed by atoms with Crippen LogP contribution in [0.1, 0.15) is 17.8 Å². The van der Waals surface area contributed by atoms with E-state index in [1.54, 1.807) is 19.3 Å². The molecule has 0 saturated carbocycles. The number of halogens is 1. The smallest absolute Gasteiger partial charge is 0.251 e. The summed E-state index contributed by atoms with van der Waals surface area (Å²) >= 11 is 3.32. The van der Waals surface area contributed by atoms with Crippen LogP contribution in [0.25, 0.3) is 0 Å². The number of aryl methyl sites for hydroxylation is 1. The normalized spacial score (nSPS) is 19.7. The molecule has 0 spiro atoms. The zero-order valence-electron chi connectivity index (χ0n) is 10.3.